The zero-order chi connectivity index (χ0) is 20.8. The number of rotatable bonds is 8. The predicted molar refractivity (Wildman–Crippen MR) is 129 cm³/mol. The summed E-state index contributed by atoms with van der Waals surface area (Å²) in [7, 11) is 0. The average Bonchev–Trinajstić information content (AvgIpc) is 2.61. The summed E-state index contributed by atoms with van der Waals surface area (Å²) in [4.78, 5) is 22.9. The Balaban J connectivity index is 0.00000420. The maximum Gasteiger partial charge on any atom is 1.00 e. The van der Waals surface area contributed by atoms with Gasteiger partial charge >= 0.3 is 29.6 Å². The van der Waals surface area contributed by atoms with E-state index in [0.717, 1.165) is 16.3 Å². The van der Waals surface area contributed by atoms with Crippen LogP contribution in [0.3, 0.4) is 0 Å². The number of anilines is 1. The van der Waals surface area contributed by atoms with Gasteiger partial charge in [-0.2, -0.15) is 0 Å². The van der Waals surface area contributed by atoms with Gasteiger partial charge in [-0.15, -0.1) is 0 Å². The van der Waals surface area contributed by atoms with Gasteiger partial charge in [0, 0.05) is 10.5 Å². The number of benzene rings is 2. The van der Waals surface area contributed by atoms with Crippen molar-refractivity contribution < 1.29 is 53.7 Å². The van der Waals surface area contributed by atoms with Crippen molar-refractivity contribution in [2.24, 2.45) is 0 Å². The number of carboxylic acids is 1. The molecule has 0 aliphatic rings. The van der Waals surface area contributed by atoms with Crippen LogP contribution in [0.5, 0.6) is 5.75 Å². The Hall–Kier alpha value is 0.330. The first-order chi connectivity index (χ1) is 13.2. The molecule has 29 heavy (non-hydrogen) atoms. The first kappa shape index (κ1) is 27.4. The zero-order valence-corrected chi connectivity index (χ0v) is 24.5. The summed E-state index contributed by atoms with van der Waals surface area (Å²) in [6.45, 7) is 3.50. The van der Waals surface area contributed by atoms with Crippen LogP contribution < -0.4 is 44.7 Å². The maximum atomic E-state index is 11.5. The monoisotopic (exact) mass is 743 g/mol. The molecule has 0 spiro atoms. The van der Waals surface area contributed by atoms with E-state index in [4.69, 9.17) is 9.47 Å². The molecule has 6 nitrogen and oxygen atoms in total. The summed E-state index contributed by atoms with van der Waals surface area (Å²) < 4.78 is 13.9. The molecule has 2 rings (SSSR count). The molecule has 2 aromatic rings. The minimum absolute atomic E-state index is 0. The zero-order valence-electron chi connectivity index (χ0n) is 16.1. The summed E-state index contributed by atoms with van der Waals surface area (Å²) in [5.41, 5.74) is 2.07. The first-order valence-electron chi connectivity index (χ1n) is 8.18. The van der Waals surface area contributed by atoms with Gasteiger partial charge in [0.2, 0.25) is 5.91 Å². The van der Waals surface area contributed by atoms with Crippen molar-refractivity contribution in [3.63, 3.8) is 0 Å². The van der Waals surface area contributed by atoms with Gasteiger partial charge in [-0.05, 0) is 91.9 Å². The third-order valence-electron chi connectivity index (χ3n) is 3.73. The van der Waals surface area contributed by atoms with Gasteiger partial charge in [0.25, 0.3) is 0 Å². The van der Waals surface area contributed by atoms with Gasteiger partial charge in [0.1, 0.15) is 18.5 Å². The fourth-order valence-electron chi connectivity index (χ4n) is 2.47. The second-order valence-electron chi connectivity index (χ2n) is 5.81. The topological polar surface area (TPSA) is 87.7 Å². The summed E-state index contributed by atoms with van der Waals surface area (Å²) in [5.74, 6) is -0.836. The van der Waals surface area contributed by atoms with Crippen molar-refractivity contribution in [3.05, 3.63) is 52.2 Å². The van der Waals surface area contributed by atoms with Crippen LogP contribution in [-0.2, 0) is 14.3 Å². The predicted octanol–water partition coefficient (Wildman–Crippen LogP) is 0.658. The molecule has 0 saturated carbocycles. The van der Waals surface area contributed by atoms with E-state index >= 15 is 0 Å². The molecule has 0 bridgehead atoms. The third-order valence-corrected chi connectivity index (χ3v) is 6.41. The van der Waals surface area contributed by atoms with Gasteiger partial charge in [0.05, 0.1) is 25.4 Å². The van der Waals surface area contributed by atoms with E-state index in [1.165, 1.54) is 6.92 Å². The van der Waals surface area contributed by atoms with Gasteiger partial charge < -0.3 is 24.7 Å². The normalized spacial score (nSPS) is 11.3. The molecule has 1 amide bonds. The van der Waals surface area contributed by atoms with Crippen molar-refractivity contribution >= 4 is 85.3 Å². The van der Waals surface area contributed by atoms with E-state index in [1.807, 2.05) is 25.1 Å². The second-order valence-corrected chi connectivity index (χ2v) is 9.22. The molecule has 0 radical (unpaired) electrons. The molecule has 0 aliphatic heterocycles. The van der Waals surface area contributed by atoms with Gasteiger partial charge in [-0.1, -0.05) is 24.3 Å². The van der Waals surface area contributed by atoms with Crippen molar-refractivity contribution in [2.45, 2.75) is 20.0 Å². The van der Waals surface area contributed by atoms with Crippen molar-refractivity contribution in [1.82, 2.24) is 0 Å². The number of aliphatic carboxylic acids is 1. The standard InChI is InChI=1S/C19H18I3NO5.Na/c1-10-5-3-4-6-12(10)17(19(25)26)27-7-8-28-18-14(21)9-13(20)16(15(18)22)23-11(2)24;/h3-6,9,17H,7-8H2,1-2H3,(H,23,24)(H,25,26);/q;+1/p-1. The molecule has 0 heterocycles. The quantitative estimate of drug-likeness (QED) is 0.244. The smallest absolute Gasteiger partial charge is 0.547 e. The molecule has 0 aromatic heterocycles. The maximum absolute atomic E-state index is 11.5. The van der Waals surface area contributed by atoms with Crippen LogP contribution in [0.4, 0.5) is 5.69 Å². The van der Waals surface area contributed by atoms with Crippen LogP contribution in [0.15, 0.2) is 30.3 Å². The van der Waals surface area contributed by atoms with Crippen molar-refractivity contribution in [2.75, 3.05) is 18.5 Å². The Labute approximate surface area is 232 Å². The third kappa shape index (κ3) is 7.75. The molecule has 0 fully saturated rings. The van der Waals surface area contributed by atoms with Crippen LogP contribution in [0.1, 0.15) is 24.2 Å². The van der Waals surface area contributed by atoms with E-state index in [-0.39, 0.29) is 48.7 Å². The van der Waals surface area contributed by atoms with E-state index in [1.54, 1.807) is 12.1 Å². The number of ether oxygens (including phenoxy) is 2. The molecule has 0 aliphatic carbocycles. The summed E-state index contributed by atoms with van der Waals surface area (Å²) in [5, 5.41) is 14.3. The molecule has 0 saturated heterocycles. The number of carbonyl (C=O) groups excluding carboxylic acids is 2. The Kier molecular flexibility index (Phi) is 12.3. The van der Waals surface area contributed by atoms with E-state index in [0.29, 0.717) is 17.0 Å². The van der Waals surface area contributed by atoms with Crippen molar-refractivity contribution in [3.8, 4) is 5.75 Å². The minimum Gasteiger partial charge on any atom is -0.547 e. The largest absolute Gasteiger partial charge is 1.00 e. The number of carboxylic acid groups (broad SMARTS) is 1. The SMILES string of the molecule is CC(=O)Nc1c(I)cc(I)c(OCCOC(C(=O)[O-])c2ccccc2C)c1I.[Na+]. The molecular weight excluding hydrogens is 726 g/mol. The van der Waals surface area contributed by atoms with Gasteiger partial charge in [-0.3, -0.25) is 4.79 Å². The van der Waals surface area contributed by atoms with Crippen LogP contribution in [0, 0.1) is 17.6 Å². The van der Waals surface area contributed by atoms with Gasteiger partial charge in [-0.25, -0.2) is 0 Å². The molecule has 2 aromatic carbocycles. The molecule has 10 heteroatoms. The summed E-state index contributed by atoms with van der Waals surface area (Å²) >= 11 is 6.44. The van der Waals surface area contributed by atoms with Crippen LogP contribution in [0.25, 0.3) is 0 Å². The molecule has 1 atom stereocenters. The van der Waals surface area contributed by atoms with Crippen LogP contribution >= 0.6 is 67.8 Å². The van der Waals surface area contributed by atoms with Crippen LogP contribution in [0.2, 0.25) is 0 Å². The number of carbonyl (C=O) groups is 2. The van der Waals surface area contributed by atoms with E-state index < -0.39 is 12.1 Å². The Morgan fingerprint density at radius 2 is 1.79 bits per heavy atom. The molecule has 1 unspecified atom stereocenters. The number of aryl methyl sites for hydroxylation is 1. The molecular formula is C19H17I3NNaO5. The Bertz CT molecular complexity index is 894. The van der Waals surface area contributed by atoms with Crippen molar-refractivity contribution in [1.29, 1.82) is 0 Å². The summed E-state index contributed by atoms with van der Waals surface area (Å²) in [6.07, 6.45) is -1.16. The van der Waals surface area contributed by atoms with Crippen LogP contribution in [-0.4, -0.2) is 25.1 Å². The fourth-order valence-corrected chi connectivity index (χ4v) is 6.42. The fraction of sp³-hybridized carbons (Fsp3) is 0.263. The number of nitrogens with one attached hydrogen (secondary N) is 1. The molecule has 1 N–H and O–H groups in total. The number of halogens is 3. The second kappa shape index (κ2) is 13.0. The first-order valence-corrected chi connectivity index (χ1v) is 11.4. The number of hydrogen-bond acceptors (Lipinski definition) is 5. The van der Waals surface area contributed by atoms with Gasteiger partial charge in [0.15, 0.2) is 0 Å². The summed E-state index contributed by atoms with van der Waals surface area (Å²) in [6, 6.07) is 9.04. The Morgan fingerprint density at radius 1 is 1.14 bits per heavy atom. The number of hydrogen-bond donors (Lipinski definition) is 1. The number of amides is 1. The van der Waals surface area contributed by atoms with E-state index in [2.05, 4.69) is 73.1 Å². The molecule has 150 valence electrons. The Morgan fingerprint density at radius 3 is 2.38 bits per heavy atom. The van der Waals surface area contributed by atoms with E-state index in [9.17, 15) is 14.7 Å². The minimum atomic E-state index is -1.29. The average molecular weight is 743 g/mol.